The van der Waals surface area contributed by atoms with Crippen LogP contribution in [-0.4, -0.2) is 49.0 Å². The summed E-state index contributed by atoms with van der Waals surface area (Å²) in [6.07, 6.45) is 1.29. The lowest BCUT2D eigenvalue weighted by molar-refractivity contribution is -0.0783. The van der Waals surface area contributed by atoms with Crippen molar-refractivity contribution < 1.29 is 19.0 Å². The van der Waals surface area contributed by atoms with Crippen LogP contribution in [0.3, 0.4) is 0 Å². The fourth-order valence-electron chi connectivity index (χ4n) is 3.42. The standard InChI is InChI=1S/C18H25NO4.C2H6/c1-18(2,3)23-17(20)19-8-9-22-16-11-13-12(10-14(16)19)6-5-7-15(13)21-4;1-2/h5-7,14,16H,8-11H2,1-4H3;1-2H3/t14-,16?;/m0./s1. The van der Waals surface area contributed by atoms with E-state index in [0.29, 0.717) is 13.2 Å². The van der Waals surface area contributed by atoms with Crippen molar-refractivity contribution in [2.24, 2.45) is 0 Å². The third-order valence-corrected chi connectivity index (χ3v) is 4.41. The minimum Gasteiger partial charge on any atom is -0.496 e. The van der Waals surface area contributed by atoms with Gasteiger partial charge in [-0.2, -0.15) is 0 Å². The highest BCUT2D eigenvalue weighted by Gasteiger charge is 2.41. The van der Waals surface area contributed by atoms with E-state index in [1.165, 1.54) is 11.1 Å². The summed E-state index contributed by atoms with van der Waals surface area (Å²) in [6, 6.07) is 6.11. The molecule has 2 atom stereocenters. The summed E-state index contributed by atoms with van der Waals surface area (Å²) in [5.74, 6) is 0.902. The second-order valence-corrected chi connectivity index (χ2v) is 7.16. The van der Waals surface area contributed by atoms with Gasteiger partial charge in [-0.25, -0.2) is 4.79 Å². The second kappa shape index (κ2) is 8.09. The molecule has 1 saturated heterocycles. The number of ether oxygens (including phenoxy) is 3. The molecule has 0 bridgehead atoms. The van der Waals surface area contributed by atoms with Crippen LogP contribution in [-0.2, 0) is 22.3 Å². The zero-order valence-corrected chi connectivity index (χ0v) is 16.3. The minimum absolute atomic E-state index is 0.0000633. The van der Waals surface area contributed by atoms with Gasteiger partial charge in [0.2, 0.25) is 0 Å². The highest BCUT2D eigenvalue weighted by molar-refractivity contribution is 5.69. The fourth-order valence-corrected chi connectivity index (χ4v) is 3.42. The fraction of sp³-hybridized carbons (Fsp3) is 0.650. The average molecular weight is 349 g/mol. The van der Waals surface area contributed by atoms with Crippen molar-refractivity contribution in [2.45, 2.75) is 65.2 Å². The normalized spacial score (nSPS) is 22.1. The van der Waals surface area contributed by atoms with Crippen LogP contribution in [0.4, 0.5) is 4.79 Å². The quantitative estimate of drug-likeness (QED) is 0.773. The SMILES string of the molecule is CC.COc1cccc2c1CC1OCCN(C(=O)OC(C)(C)C)[C@H]1C2. The number of benzene rings is 1. The summed E-state index contributed by atoms with van der Waals surface area (Å²) < 4.78 is 17.0. The summed E-state index contributed by atoms with van der Waals surface area (Å²) in [4.78, 5) is 14.4. The molecule has 5 nitrogen and oxygen atoms in total. The van der Waals surface area contributed by atoms with Gasteiger partial charge in [0, 0.05) is 18.5 Å². The first kappa shape index (κ1) is 19.6. The van der Waals surface area contributed by atoms with Crippen LogP contribution in [0.15, 0.2) is 18.2 Å². The first-order chi connectivity index (χ1) is 11.9. The molecule has 0 saturated carbocycles. The maximum absolute atomic E-state index is 12.5. The molecule has 1 amide bonds. The van der Waals surface area contributed by atoms with Crippen molar-refractivity contribution in [3.8, 4) is 5.75 Å². The summed E-state index contributed by atoms with van der Waals surface area (Å²) in [6.45, 7) is 10.8. The molecular formula is C20H31NO4. The van der Waals surface area contributed by atoms with E-state index in [1.54, 1.807) is 7.11 Å². The number of carbonyl (C=O) groups is 1. The summed E-state index contributed by atoms with van der Waals surface area (Å²) >= 11 is 0. The molecule has 0 aromatic heterocycles. The molecule has 140 valence electrons. The molecule has 0 N–H and O–H groups in total. The molecule has 2 aliphatic rings. The Labute approximate surface area is 151 Å². The Hall–Kier alpha value is -1.75. The van der Waals surface area contributed by atoms with Gasteiger partial charge in [-0.3, -0.25) is 4.90 Å². The molecule has 1 heterocycles. The lowest BCUT2D eigenvalue weighted by atomic mass is 9.84. The summed E-state index contributed by atoms with van der Waals surface area (Å²) in [5, 5.41) is 0. The molecule has 5 heteroatoms. The third-order valence-electron chi connectivity index (χ3n) is 4.41. The Morgan fingerprint density at radius 2 is 1.96 bits per heavy atom. The average Bonchev–Trinajstić information content (AvgIpc) is 2.59. The van der Waals surface area contributed by atoms with Crippen LogP contribution in [0.5, 0.6) is 5.75 Å². The van der Waals surface area contributed by atoms with E-state index in [2.05, 4.69) is 6.07 Å². The van der Waals surface area contributed by atoms with Crippen molar-refractivity contribution in [2.75, 3.05) is 20.3 Å². The molecule has 1 unspecified atom stereocenters. The van der Waals surface area contributed by atoms with Gasteiger partial charge in [0.05, 0.1) is 25.9 Å². The first-order valence-electron chi connectivity index (χ1n) is 9.15. The predicted octanol–water partition coefficient (Wildman–Crippen LogP) is 3.82. The lowest BCUT2D eigenvalue weighted by Crippen LogP contribution is -2.57. The predicted molar refractivity (Wildman–Crippen MR) is 98.2 cm³/mol. The van der Waals surface area contributed by atoms with Gasteiger partial charge in [-0.1, -0.05) is 26.0 Å². The first-order valence-corrected chi connectivity index (χ1v) is 9.15. The Balaban J connectivity index is 0.00000109. The molecule has 0 radical (unpaired) electrons. The molecule has 25 heavy (non-hydrogen) atoms. The minimum atomic E-state index is -0.485. The Morgan fingerprint density at radius 3 is 2.60 bits per heavy atom. The molecule has 3 rings (SSSR count). The maximum atomic E-state index is 12.5. The van der Waals surface area contributed by atoms with Gasteiger partial charge in [0.1, 0.15) is 11.4 Å². The molecule has 1 aliphatic heterocycles. The van der Waals surface area contributed by atoms with Crippen LogP contribution in [0.2, 0.25) is 0 Å². The highest BCUT2D eigenvalue weighted by atomic mass is 16.6. The zero-order chi connectivity index (χ0) is 18.6. The molecule has 1 fully saturated rings. The number of hydrogen-bond donors (Lipinski definition) is 0. The highest BCUT2D eigenvalue weighted by Crippen LogP contribution is 2.34. The number of nitrogens with zero attached hydrogens (tertiary/aromatic N) is 1. The van der Waals surface area contributed by atoms with Gasteiger partial charge < -0.3 is 14.2 Å². The topological polar surface area (TPSA) is 48.0 Å². The Morgan fingerprint density at radius 1 is 1.24 bits per heavy atom. The van der Waals surface area contributed by atoms with Gasteiger partial charge in [-0.15, -0.1) is 0 Å². The van der Waals surface area contributed by atoms with E-state index in [-0.39, 0.29) is 18.2 Å². The second-order valence-electron chi connectivity index (χ2n) is 7.16. The van der Waals surface area contributed by atoms with Gasteiger partial charge >= 0.3 is 6.09 Å². The number of morpholine rings is 1. The van der Waals surface area contributed by atoms with Gasteiger partial charge in [0.25, 0.3) is 0 Å². The van der Waals surface area contributed by atoms with E-state index in [0.717, 1.165) is 18.6 Å². The maximum Gasteiger partial charge on any atom is 0.410 e. The summed E-state index contributed by atoms with van der Waals surface area (Å²) in [7, 11) is 1.69. The number of methoxy groups -OCH3 is 1. The monoisotopic (exact) mass is 349 g/mol. The van der Waals surface area contributed by atoms with Crippen LogP contribution >= 0.6 is 0 Å². The van der Waals surface area contributed by atoms with E-state index in [1.807, 2.05) is 51.7 Å². The number of carbonyl (C=O) groups excluding carboxylic acids is 1. The number of rotatable bonds is 1. The van der Waals surface area contributed by atoms with Gasteiger partial charge in [0.15, 0.2) is 0 Å². The lowest BCUT2D eigenvalue weighted by Gasteiger charge is -2.44. The molecule has 1 aliphatic carbocycles. The Bertz CT molecular complexity index is 594. The van der Waals surface area contributed by atoms with E-state index in [9.17, 15) is 4.79 Å². The third kappa shape index (κ3) is 4.46. The van der Waals surface area contributed by atoms with Gasteiger partial charge in [-0.05, 0) is 38.8 Å². The van der Waals surface area contributed by atoms with Crippen LogP contribution in [0.25, 0.3) is 0 Å². The number of amides is 1. The van der Waals surface area contributed by atoms with Crippen molar-refractivity contribution in [3.63, 3.8) is 0 Å². The van der Waals surface area contributed by atoms with E-state index < -0.39 is 5.60 Å². The Kier molecular flexibility index (Phi) is 6.33. The zero-order valence-electron chi connectivity index (χ0n) is 16.3. The number of hydrogen-bond acceptors (Lipinski definition) is 4. The van der Waals surface area contributed by atoms with Crippen LogP contribution < -0.4 is 4.74 Å². The van der Waals surface area contributed by atoms with Crippen molar-refractivity contribution in [1.29, 1.82) is 0 Å². The van der Waals surface area contributed by atoms with Crippen molar-refractivity contribution in [1.82, 2.24) is 4.90 Å². The van der Waals surface area contributed by atoms with Crippen LogP contribution in [0, 0.1) is 0 Å². The number of fused-ring (bicyclic) bond motifs is 2. The largest absolute Gasteiger partial charge is 0.496 e. The molecule has 0 spiro atoms. The van der Waals surface area contributed by atoms with Crippen molar-refractivity contribution in [3.05, 3.63) is 29.3 Å². The van der Waals surface area contributed by atoms with Crippen molar-refractivity contribution >= 4 is 6.09 Å². The summed E-state index contributed by atoms with van der Waals surface area (Å²) in [5.41, 5.74) is 1.94. The molecular weight excluding hydrogens is 318 g/mol. The van der Waals surface area contributed by atoms with E-state index in [4.69, 9.17) is 14.2 Å². The molecule has 1 aromatic rings. The van der Waals surface area contributed by atoms with E-state index >= 15 is 0 Å². The van der Waals surface area contributed by atoms with Crippen LogP contribution in [0.1, 0.15) is 45.7 Å². The smallest absolute Gasteiger partial charge is 0.410 e. The molecule has 1 aromatic carbocycles.